The van der Waals surface area contributed by atoms with Crippen molar-refractivity contribution in [2.75, 3.05) is 38.8 Å². The Bertz CT molecular complexity index is 654. The largest absolute Gasteiger partial charge is 0.501 e. The Labute approximate surface area is 142 Å². The van der Waals surface area contributed by atoms with Crippen LogP contribution in [0.4, 0.5) is 5.88 Å². The van der Waals surface area contributed by atoms with Crippen LogP contribution < -0.4 is 19.1 Å². The van der Waals surface area contributed by atoms with Gasteiger partial charge in [-0.25, -0.2) is 0 Å². The maximum atomic E-state index is 10.6. The monoisotopic (exact) mass is 335 g/mol. The van der Waals surface area contributed by atoms with Gasteiger partial charge in [0.2, 0.25) is 11.6 Å². The Morgan fingerprint density at radius 3 is 1.92 bits per heavy atom. The van der Waals surface area contributed by atoms with Crippen LogP contribution >= 0.6 is 0 Å². The standard InChI is InChI=1S/C18H25NO5/c1-6-21-13-9-12(10-14(11-13)22-7-2)15-16(20)18(23-8-3)24-17(15)19(4)5/h9-11,20H,6-8H2,1-5H3. The maximum Gasteiger partial charge on any atom is 0.330 e. The van der Waals surface area contributed by atoms with Crippen molar-refractivity contribution in [1.29, 1.82) is 0 Å². The van der Waals surface area contributed by atoms with Gasteiger partial charge in [0.05, 0.1) is 25.4 Å². The number of hydrogen-bond acceptors (Lipinski definition) is 6. The lowest BCUT2D eigenvalue weighted by Crippen LogP contribution is -2.08. The van der Waals surface area contributed by atoms with E-state index in [4.69, 9.17) is 18.6 Å². The fourth-order valence-electron chi connectivity index (χ4n) is 2.41. The summed E-state index contributed by atoms with van der Waals surface area (Å²) in [5, 5.41) is 10.6. The predicted octanol–water partition coefficient (Wildman–Crippen LogP) is 3.91. The molecule has 1 N–H and O–H groups in total. The van der Waals surface area contributed by atoms with E-state index < -0.39 is 0 Å². The summed E-state index contributed by atoms with van der Waals surface area (Å²) >= 11 is 0. The zero-order valence-electron chi connectivity index (χ0n) is 14.9. The highest BCUT2D eigenvalue weighted by Crippen LogP contribution is 2.48. The van der Waals surface area contributed by atoms with Crippen molar-refractivity contribution in [1.82, 2.24) is 0 Å². The molecule has 6 nitrogen and oxygen atoms in total. The molecule has 0 bridgehead atoms. The molecule has 0 unspecified atom stereocenters. The predicted molar refractivity (Wildman–Crippen MR) is 93.6 cm³/mol. The Balaban J connectivity index is 2.60. The number of rotatable bonds is 8. The Morgan fingerprint density at radius 1 is 0.917 bits per heavy atom. The van der Waals surface area contributed by atoms with E-state index >= 15 is 0 Å². The molecule has 0 atom stereocenters. The number of furan rings is 1. The first kappa shape index (κ1) is 17.8. The first-order chi connectivity index (χ1) is 11.5. The molecule has 0 spiro atoms. The highest BCUT2D eigenvalue weighted by molar-refractivity contribution is 5.84. The first-order valence-corrected chi connectivity index (χ1v) is 8.08. The molecule has 1 aromatic carbocycles. The molecule has 2 aromatic rings. The van der Waals surface area contributed by atoms with Crippen molar-refractivity contribution in [2.45, 2.75) is 20.8 Å². The molecule has 0 aliphatic carbocycles. The third kappa shape index (κ3) is 3.69. The zero-order chi connectivity index (χ0) is 17.7. The Kier molecular flexibility index (Phi) is 5.84. The van der Waals surface area contributed by atoms with Gasteiger partial charge < -0.3 is 28.6 Å². The molecule has 0 radical (unpaired) electrons. The van der Waals surface area contributed by atoms with Crippen molar-refractivity contribution >= 4 is 5.88 Å². The van der Waals surface area contributed by atoms with Crippen molar-refractivity contribution in [3.63, 3.8) is 0 Å². The van der Waals surface area contributed by atoms with Crippen LogP contribution in [0.15, 0.2) is 22.6 Å². The van der Waals surface area contributed by atoms with E-state index in [9.17, 15) is 5.11 Å². The number of nitrogens with zero attached hydrogens (tertiary/aromatic N) is 1. The molecule has 0 saturated heterocycles. The second-order valence-electron chi connectivity index (χ2n) is 5.30. The number of aromatic hydroxyl groups is 1. The molecule has 0 saturated carbocycles. The second kappa shape index (κ2) is 7.86. The minimum Gasteiger partial charge on any atom is -0.501 e. The molecular weight excluding hydrogens is 310 g/mol. The van der Waals surface area contributed by atoms with E-state index in [0.717, 1.165) is 5.56 Å². The molecular formula is C18H25NO5. The summed E-state index contributed by atoms with van der Waals surface area (Å²) in [6, 6.07) is 5.52. The van der Waals surface area contributed by atoms with E-state index in [2.05, 4.69) is 0 Å². The molecule has 1 heterocycles. The Morgan fingerprint density at radius 2 is 1.46 bits per heavy atom. The van der Waals surface area contributed by atoms with E-state index in [1.165, 1.54) is 0 Å². The van der Waals surface area contributed by atoms with Gasteiger partial charge in [-0.15, -0.1) is 0 Å². The summed E-state index contributed by atoms with van der Waals surface area (Å²) in [6.07, 6.45) is 0. The van der Waals surface area contributed by atoms with Crippen LogP contribution in [0, 0.1) is 0 Å². The third-order valence-electron chi connectivity index (χ3n) is 3.31. The van der Waals surface area contributed by atoms with Crippen molar-refractivity contribution in [2.24, 2.45) is 0 Å². The lowest BCUT2D eigenvalue weighted by atomic mass is 10.1. The van der Waals surface area contributed by atoms with Gasteiger partial charge in [-0.2, -0.15) is 0 Å². The summed E-state index contributed by atoms with van der Waals surface area (Å²) in [6.45, 7) is 7.15. The molecule has 0 aliphatic heterocycles. The quantitative estimate of drug-likeness (QED) is 0.789. The lowest BCUT2D eigenvalue weighted by molar-refractivity contribution is 0.244. The minimum atomic E-state index is -0.0309. The highest BCUT2D eigenvalue weighted by atomic mass is 16.6. The van der Waals surface area contributed by atoms with E-state index in [-0.39, 0.29) is 11.7 Å². The summed E-state index contributed by atoms with van der Waals surface area (Å²) in [7, 11) is 3.68. The summed E-state index contributed by atoms with van der Waals surface area (Å²) in [5.41, 5.74) is 1.28. The summed E-state index contributed by atoms with van der Waals surface area (Å²) in [4.78, 5) is 1.78. The van der Waals surface area contributed by atoms with Crippen LogP contribution in [-0.2, 0) is 0 Å². The smallest absolute Gasteiger partial charge is 0.330 e. The Hall–Kier alpha value is -2.50. The fourth-order valence-corrected chi connectivity index (χ4v) is 2.41. The summed E-state index contributed by atoms with van der Waals surface area (Å²) < 4.78 is 22.3. The van der Waals surface area contributed by atoms with Crippen LogP contribution in [-0.4, -0.2) is 39.0 Å². The van der Waals surface area contributed by atoms with Crippen molar-refractivity contribution in [3.05, 3.63) is 18.2 Å². The maximum absolute atomic E-state index is 10.6. The van der Waals surface area contributed by atoms with Gasteiger partial charge in [0, 0.05) is 20.2 Å². The van der Waals surface area contributed by atoms with E-state index in [0.29, 0.717) is 42.8 Å². The molecule has 2 rings (SSSR count). The van der Waals surface area contributed by atoms with Gasteiger partial charge in [-0.3, -0.25) is 0 Å². The minimum absolute atomic E-state index is 0.0309. The van der Waals surface area contributed by atoms with E-state index in [1.54, 1.807) is 4.90 Å². The van der Waals surface area contributed by atoms with Crippen molar-refractivity contribution < 1.29 is 23.7 Å². The highest BCUT2D eigenvalue weighted by Gasteiger charge is 2.25. The van der Waals surface area contributed by atoms with Gasteiger partial charge in [0.15, 0.2) is 0 Å². The number of ether oxygens (including phenoxy) is 3. The van der Waals surface area contributed by atoms with Crippen LogP contribution in [0.2, 0.25) is 0 Å². The fraction of sp³-hybridized carbons (Fsp3) is 0.444. The number of anilines is 1. The van der Waals surface area contributed by atoms with E-state index in [1.807, 2.05) is 53.1 Å². The van der Waals surface area contributed by atoms with Crippen LogP contribution in [0.3, 0.4) is 0 Å². The number of hydrogen-bond donors (Lipinski definition) is 1. The normalized spacial score (nSPS) is 10.5. The molecule has 6 heteroatoms. The lowest BCUT2D eigenvalue weighted by Gasteiger charge is -2.13. The second-order valence-corrected chi connectivity index (χ2v) is 5.30. The van der Waals surface area contributed by atoms with Crippen LogP contribution in [0.25, 0.3) is 11.1 Å². The van der Waals surface area contributed by atoms with Gasteiger partial charge >= 0.3 is 5.95 Å². The number of benzene rings is 1. The van der Waals surface area contributed by atoms with Crippen LogP contribution in [0.5, 0.6) is 23.2 Å². The molecule has 0 aliphatic rings. The molecule has 0 fully saturated rings. The van der Waals surface area contributed by atoms with Crippen LogP contribution in [0.1, 0.15) is 20.8 Å². The molecule has 24 heavy (non-hydrogen) atoms. The van der Waals surface area contributed by atoms with Gasteiger partial charge in [-0.1, -0.05) is 0 Å². The zero-order valence-corrected chi connectivity index (χ0v) is 14.9. The average molecular weight is 335 g/mol. The van der Waals surface area contributed by atoms with Crippen molar-refractivity contribution in [3.8, 4) is 34.3 Å². The molecule has 1 aromatic heterocycles. The average Bonchev–Trinajstić information content (AvgIpc) is 2.85. The SMILES string of the molecule is CCOc1cc(OCC)cc(-c2c(N(C)C)oc(OCC)c2O)c1. The molecule has 132 valence electrons. The van der Waals surface area contributed by atoms with Gasteiger partial charge in [0.25, 0.3) is 0 Å². The third-order valence-corrected chi connectivity index (χ3v) is 3.31. The topological polar surface area (TPSA) is 64.3 Å². The van der Waals surface area contributed by atoms with Gasteiger partial charge in [-0.05, 0) is 38.5 Å². The van der Waals surface area contributed by atoms with Gasteiger partial charge in [0.1, 0.15) is 11.5 Å². The summed E-state index contributed by atoms with van der Waals surface area (Å²) in [5.74, 6) is 1.92. The molecule has 0 amide bonds. The first-order valence-electron chi connectivity index (χ1n) is 8.08.